The van der Waals surface area contributed by atoms with E-state index in [0.717, 1.165) is 5.56 Å². The number of Topliss-reactive ketones (excluding diaryl/α,β-unsaturated/α-hetero) is 1. The summed E-state index contributed by atoms with van der Waals surface area (Å²) in [5.41, 5.74) is 7.96. The summed E-state index contributed by atoms with van der Waals surface area (Å²) < 4.78 is 5.15. The monoisotopic (exact) mass is 491 g/mol. The third-order valence-corrected chi connectivity index (χ3v) is 7.23. The lowest BCUT2D eigenvalue weighted by atomic mass is 9.60. The van der Waals surface area contributed by atoms with E-state index in [0.29, 0.717) is 34.1 Å². The summed E-state index contributed by atoms with van der Waals surface area (Å²) in [6.07, 6.45) is 0.689. The molecule has 0 fully saturated rings. The molecule has 0 radical (unpaired) electrons. The molecule has 1 spiro atoms. The van der Waals surface area contributed by atoms with Gasteiger partial charge in [0, 0.05) is 39.7 Å². The van der Waals surface area contributed by atoms with E-state index in [1.54, 1.807) is 23.1 Å². The normalized spacial score (nSPS) is 22.8. The van der Waals surface area contributed by atoms with Crippen molar-refractivity contribution in [1.29, 1.82) is 0 Å². The molecule has 0 bridgehead atoms. The van der Waals surface area contributed by atoms with Crippen LogP contribution < -0.4 is 16.0 Å². The molecule has 1 amide bonds. The molecule has 1 atom stereocenters. The van der Waals surface area contributed by atoms with E-state index in [4.69, 9.17) is 22.1 Å². The maximum atomic E-state index is 13.9. The molecule has 2 aromatic carbocycles. The highest BCUT2D eigenvalue weighted by atomic mass is 35.5. The zero-order valence-electron chi connectivity index (χ0n) is 20.0. The van der Waals surface area contributed by atoms with Crippen LogP contribution in [-0.2, 0) is 24.5 Å². The number of ether oxygens (including phenoxy) is 1. The first-order valence-corrected chi connectivity index (χ1v) is 11.7. The first-order chi connectivity index (χ1) is 16.5. The minimum absolute atomic E-state index is 0.0506. The summed E-state index contributed by atoms with van der Waals surface area (Å²) in [6.45, 7) is 5.96. The Morgan fingerprint density at radius 1 is 1.14 bits per heavy atom. The van der Waals surface area contributed by atoms with Gasteiger partial charge in [-0.15, -0.1) is 0 Å². The van der Waals surface area contributed by atoms with Gasteiger partial charge in [-0.05, 0) is 54.7 Å². The van der Waals surface area contributed by atoms with Crippen LogP contribution in [0.2, 0.25) is 5.02 Å². The van der Waals surface area contributed by atoms with Crippen molar-refractivity contribution in [3.8, 4) is 0 Å². The van der Waals surface area contributed by atoms with Gasteiger partial charge >= 0.3 is 5.97 Å². The van der Waals surface area contributed by atoms with Crippen LogP contribution in [0.15, 0.2) is 65.1 Å². The van der Waals surface area contributed by atoms with Crippen molar-refractivity contribution in [2.45, 2.75) is 39.0 Å². The van der Waals surface area contributed by atoms with Crippen LogP contribution in [0.1, 0.15) is 37.8 Å². The summed E-state index contributed by atoms with van der Waals surface area (Å²) in [5.74, 6) is -1.48. The number of nitrogens with one attached hydrogen (secondary N) is 1. The van der Waals surface area contributed by atoms with E-state index in [1.807, 2.05) is 45.0 Å². The molecule has 0 saturated carbocycles. The van der Waals surface area contributed by atoms with Gasteiger partial charge < -0.3 is 15.8 Å². The zero-order chi connectivity index (χ0) is 25.3. The quantitative estimate of drug-likeness (QED) is 0.606. The third kappa shape index (κ3) is 3.22. The highest BCUT2D eigenvalue weighted by molar-refractivity contribution is 6.31. The molecule has 5 rings (SSSR count). The van der Waals surface area contributed by atoms with Crippen molar-refractivity contribution in [1.82, 2.24) is 0 Å². The maximum Gasteiger partial charge on any atom is 0.339 e. The number of halogens is 1. The number of carbonyl (C=O) groups is 3. The van der Waals surface area contributed by atoms with E-state index >= 15 is 0 Å². The predicted molar refractivity (Wildman–Crippen MR) is 134 cm³/mol. The molecule has 1 aliphatic carbocycles. The van der Waals surface area contributed by atoms with Gasteiger partial charge in [-0.2, -0.15) is 0 Å². The number of hydrogen-bond acceptors (Lipinski definition) is 6. The Kier molecular flexibility index (Phi) is 5.11. The summed E-state index contributed by atoms with van der Waals surface area (Å²) in [5, 5.41) is 3.22. The van der Waals surface area contributed by atoms with Crippen molar-refractivity contribution >= 4 is 40.6 Å². The maximum absolute atomic E-state index is 13.9. The van der Waals surface area contributed by atoms with Crippen LogP contribution in [0.5, 0.6) is 0 Å². The molecule has 35 heavy (non-hydrogen) atoms. The van der Waals surface area contributed by atoms with Crippen LogP contribution in [0.4, 0.5) is 11.4 Å². The summed E-state index contributed by atoms with van der Waals surface area (Å²) in [7, 11) is 1.23. The summed E-state index contributed by atoms with van der Waals surface area (Å²) in [4.78, 5) is 43.0. The fourth-order valence-electron chi connectivity index (χ4n) is 5.67. The van der Waals surface area contributed by atoms with Gasteiger partial charge in [-0.1, -0.05) is 37.6 Å². The number of esters is 1. The van der Waals surface area contributed by atoms with Crippen LogP contribution in [0.25, 0.3) is 0 Å². The number of amides is 1. The SMILES string of the molecule is COC(=O)C1=C(N)N(c2cccc(C)c2)C2=C(C(=O)CC(C)(C)C2)C12C(=O)Nc1ccc(Cl)cc12. The average Bonchev–Trinajstić information content (AvgIpc) is 3.04. The first-order valence-electron chi connectivity index (χ1n) is 11.3. The minimum Gasteiger partial charge on any atom is -0.466 e. The summed E-state index contributed by atoms with van der Waals surface area (Å²) in [6, 6.07) is 12.6. The van der Waals surface area contributed by atoms with Gasteiger partial charge in [0.15, 0.2) is 5.78 Å². The minimum atomic E-state index is -1.76. The first kappa shape index (κ1) is 23.2. The van der Waals surface area contributed by atoms with Gasteiger partial charge in [0.05, 0.1) is 7.11 Å². The fourth-order valence-corrected chi connectivity index (χ4v) is 5.84. The highest BCUT2D eigenvalue weighted by Gasteiger charge is 2.63. The van der Waals surface area contributed by atoms with E-state index in [-0.39, 0.29) is 34.6 Å². The number of nitrogens with zero attached hydrogens (tertiary/aromatic N) is 1. The van der Waals surface area contributed by atoms with Crippen molar-refractivity contribution in [3.05, 3.63) is 81.3 Å². The molecule has 3 aliphatic rings. The number of nitrogens with two attached hydrogens (primary N) is 1. The Labute approximate surface area is 208 Å². The zero-order valence-corrected chi connectivity index (χ0v) is 20.7. The van der Waals surface area contributed by atoms with E-state index in [1.165, 1.54) is 7.11 Å². The van der Waals surface area contributed by atoms with Gasteiger partial charge in [-0.3, -0.25) is 14.5 Å². The molecule has 0 aromatic heterocycles. The largest absolute Gasteiger partial charge is 0.466 e. The molecule has 2 heterocycles. The van der Waals surface area contributed by atoms with Gasteiger partial charge in [0.1, 0.15) is 16.8 Å². The number of aryl methyl sites for hydroxylation is 1. The topological polar surface area (TPSA) is 102 Å². The Morgan fingerprint density at radius 2 is 1.89 bits per heavy atom. The van der Waals surface area contributed by atoms with Crippen LogP contribution in [-0.4, -0.2) is 24.8 Å². The second-order valence-corrected chi connectivity index (χ2v) is 10.5. The van der Waals surface area contributed by atoms with Crippen LogP contribution >= 0.6 is 11.6 Å². The molecule has 3 N–H and O–H groups in total. The van der Waals surface area contributed by atoms with Crippen molar-refractivity contribution in [3.63, 3.8) is 0 Å². The fraction of sp³-hybridized carbons (Fsp3) is 0.296. The number of ketones is 1. The number of fused-ring (bicyclic) bond motifs is 3. The molecule has 180 valence electrons. The number of hydrogen-bond donors (Lipinski definition) is 2. The van der Waals surface area contributed by atoms with E-state index in [9.17, 15) is 14.4 Å². The molecule has 1 unspecified atom stereocenters. The molecule has 0 saturated heterocycles. The number of benzene rings is 2. The van der Waals surface area contributed by atoms with E-state index in [2.05, 4.69) is 5.32 Å². The second-order valence-electron chi connectivity index (χ2n) is 10.1. The van der Waals surface area contributed by atoms with Crippen LogP contribution in [0.3, 0.4) is 0 Å². The van der Waals surface area contributed by atoms with Crippen molar-refractivity contribution in [2.24, 2.45) is 11.1 Å². The lowest BCUT2D eigenvalue weighted by molar-refractivity contribution is -0.138. The second kappa shape index (κ2) is 7.71. The lowest BCUT2D eigenvalue weighted by Crippen LogP contribution is -2.54. The number of anilines is 2. The number of methoxy groups -OCH3 is 1. The Hall–Kier alpha value is -3.58. The molecule has 7 nitrogen and oxygen atoms in total. The summed E-state index contributed by atoms with van der Waals surface area (Å²) >= 11 is 6.36. The Balaban J connectivity index is 1.94. The third-order valence-electron chi connectivity index (χ3n) is 6.99. The van der Waals surface area contributed by atoms with Gasteiger partial charge in [-0.25, -0.2) is 4.79 Å². The van der Waals surface area contributed by atoms with Crippen molar-refractivity contribution in [2.75, 3.05) is 17.3 Å². The molecular weight excluding hydrogens is 466 g/mol. The standard InChI is InChI=1S/C27H26ClN3O4/c1-14-6-5-7-16(10-14)31-19-12-26(2,3)13-20(32)21(19)27(22(23(31)29)24(33)35-4)17-11-15(28)8-9-18(17)30-25(27)34/h5-11H,12-13,29H2,1-4H3,(H,30,34). The van der Waals surface area contributed by atoms with Crippen LogP contribution in [0, 0.1) is 12.3 Å². The Morgan fingerprint density at radius 3 is 2.57 bits per heavy atom. The lowest BCUT2D eigenvalue weighted by Gasteiger charge is -2.47. The molecule has 8 heteroatoms. The average molecular weight is 492 g/mol. The van der Waals surface area contributed by atoms with Gasteiger partial charge in [0.25, 0.3) is 0 Å². The molecule has 2 aliphatic heterocycles. The van der Waals surface area contributed by atoms with Crippen molar-refractivity contribution < 1.29 is 19.1 Å². The smallest absolute Gasteiger partial charge is 0.339 e. The van der Waals surface area contributed by atoms with E-state index < -0.39 is 17.3 Å². The predicted octanol–water partition coefficient (Wildman–Crippen LogP) is 4.35. The Bertz CT molecular complexity index is 1390. The highest BCUT2D eigenvalue weighted by Crippen LogP contribution is 2.57. The number of rotatable bonds is 2. The molecule has 2 aromatic rings. The van der Waals surface area contributed by atoms with Gasteiger partial charge in [0.2, 0.25) is 5.91 Å². The molecular formula is C27H26ClN3O4. The number of allylic oxidation sites excluding steroid dienone is 1. The number of carbonyl (C=O) groups excluding carboxylic acids is 3.